The lowest BCUT2D eigenvalue weighted by Gasteiger charge is -2.40. The molecular weight excluding hydrogens is 320 g/mol. The summed E-state index contributed by atoms with van der Waals surface area (Å²) in [6.45, 7) is 3.66. The Kier molecular flexibility index (Phi) is 4.88. The van der Waals surface area contributed by atoms with E-state index in [9.17, 15) is 9.59 Å². The lowest BCUT2D eigenvalue weighted by molar-refractivity contribution is -0.138. The molecule has 0 radical (unpaired) electrons. The molecular formula is C19H26N2O4. The third kappa shape index (κ3) is 4.06. The summed E-state index contributed by atoms with van der Waals surface area (Å²) in [6, 6.07) is 6.04. The Hall–Kier alpha value is -2.24. The molecule has 2 heterocycles. The van der Waals surface area contributed by atoms with E-state index in [2.05, 4.69) is 13.0 Å². The predicted octanol–water partition coefficient (Wildman–Crippen LogP) is 2.06. The fourth-order valence-corrected chi connectivity index (χ4v) is 3.54. The SMILES string of the molecule is CN(C)C(=O)CCN1C[C@](C)(Cc2ccc3c(c2)OCO3)CCC1=O. The third-order valence-electron chi connectivity index (χ3n) is 5.03. The summed E-state index contributed by atoms with van der Waals surface area (Å²) in [5, 5.41) is 0. The number of rotatable bonds is 5. The summed E-state index contributed by atoms with van der Waals surface area (Å²) in [5.41, 5.74) is 1.19. The number of benzene rings is 1. The molecule has 2 amide bonds. The number of hydrogen-bond acceptors (Lipinski definition) is 4. The van der Waals surface area contributed by atoms with Crippen LogP contribution in [0, 0.1) is 5.41 Å². The van der Waals surface area contributed by atoms with Crippen molar-refractivity contribution in [2.24, 2.45) is 5.41 Å². The molecule has 25 heavy (non-hydrogen) atoms. The fraction of sp³-hybridized carbons (Fsp3) is 0.579. The first kappa shape index (κ1) is 17.6. The van der Waals surface area contributed by atoms with E-state index in [4.69, 9.17) is 9.47 Å². The van der Waals surface area contributed by atoms with Gasteiger partial charge in [-0.2, -0.15) is 0 Å². The molecule has 0 aromatic heterocycles. The van der Waals surface area contributed by atoms with Crippen LogP contribution in [0.2, 0.25) is 0 Å². The molecule has 0 spiro atoms. The number of nitrogens with zero attached hydrogens (tertiary/aromatic N) is 2. The first-order chi connectivity index (χ1) is 11.9. The van der Waals surface area contributed by atoms with E-state index in [-0.39, 0.29) is 24.0 Å². The molecule has 2 aliphatic rings. The molecule has 0 N–H and O–H groups in total. The first-order valence-electron chi connectivity index (χ1n) is 8.73. The number of carbonyl (C=O) groups excluding carboxylic acids is 2. The zero-order chi connectivity index (χ0) is 18.0. The van der Waals surface area contributed by atoms with E-state index in [1.54, 1.807) is 19.0 Å². The molecule has 1 saturated heterocycles. The Morgan fingerprint density at radius 1 is 1.28 bits per heavy atom. The zero-order valence-electron chi connectivity index (χ0n) is 15.2. The van der Waals surface area contributed by atoms with Crippen LogP contribution in [0.25, 0.3) is 0 Å². The second-order valence-corrected chi connectivity index (χ2v) is 7.53. The van der Waals surface area contributed by atoms with E-state index in [1.807, 2.05) is 17.0 Å². The van der Waals surface area contributed by atoms with Crippen LogP contribution >= 0.6 is 0 Å². The van der Waals surface area contributed by atoms with Gasteiger partial charge in [0.15, 0.2) is 11.5 Å². The van der Waals surface area contributed by atoms with Gasteiger partial charge in [0, 0.05) is 40.0 Å². The van der Waals surface area contributed by atoms with Crippen LogP contribution in [0.1, 0.15) is 31.7 Å². The van der Waals surface area contributed by atoms with Crippen LogP contribution < -0.4 is 9.47 Å². The Bertz CT molecular complexity index is 673. The van der Waals surface area contributed by atoms with Gasteiger partial charge in [0.05, 0.1) is 0 Å². The molecule has 3 rings (SSSR count). The molecule has 2 aliphatic heterocycles. The monoisotopic (exact) mass is 346 g/mol. The van der Waals surface area contributed by atoms with Gasteiger partial charge in [-0.25, -0.2) is 0 Å². The van der Waals surface area contributed by atoms with E-state index < -0.39 is 0 Å². The number of hydrogen-bond donors (Lipinski definition) is 0. The highest BCUT2D eigenvalue weighted by atomic mass is 16.7. The Morgan fingerprint density at radius 3 is 2.80 bits per heavy atom. The minimum atomic E-state index is 0.00275. The maximum absolute atomic E-state index is 12.2. The first-order valence-corrected chi connectivity index (χ1v) is 8.73. The average Bonchev–Trinajstić information content (AvgIpc) is 3.03. The quantitative estimate of drug-likeness (QED) is 0.819. The van der Waals surface area contributed by atoms with Gasteiger partial charge < -0.3 is 19.3 Å². The molecule has 6 heteroatoms. The van der Waals surface area contributed by atoms with E-state index in [0.717, 1.165) is 24.3 Å². The molecule has 1 aromatic rings. The standard InChI is InChI=1S/C19H26N2O4/c1-19(11-14-4-5-15-16(10-14)25-13-24-15)8-6-18(23)21(12-19)9-7-17(22)20(2)3/h4-5,10H,6-9,11-13H2,1-3H3/t19-/m0/s1. The molecule has 0 aliphatic carbocycles. The number of ether oxygens (including phenoxy) is 2. The minimum absolute atomic E-state index is 0.00275. The normalized spacial score (nSPS) is 22.2. The number of piperidine rings is 1. The average molecular weight is 346 g/mol. The van der Waals surface area contributed by atoms with Crippen molar-refractivity contribution >= 4 is 11.8 Å². The van der Waals surface area contributed by atoms with Crippen LogP contribution in [0.5, 0.6) is 11.5 Å². The van der Waals surface area contributed by atoms with Crippen molar-refractivity contribution in [3.63, 3.8) is 0 Å². The van der Waals surface area contributed by atoms with Crippen molar-refractivity contribution in [3.8, 4) is 11.5 Å². The topological polar surface area (TPSA) is 59.1 Å². The van der Waals surface area contributed by atoms with Crippen LogP contribution in [-0.4, -0.2) is 55.6 Å². The van der Waals surface area contributed by atoms with Crippen molar-refractivity contribution in [1.82, 2.24) is 9.80 Å². The van der Waals surface area contributed by atoms with E-state index in [1.165, 1.54) is 5.56 Å². The molecule has 6 nitrogen and oxygen atoms in total. The maximum Gasteiger partial charge on any atom is 0.231 e. The van der Waals surface area contributed by atoms with Gasteiger partial charge in [-0.3, -0.25) is 9.59 Å². The summed E-state index contributed by atoms with van der Waals surface area (Å²) >= 11 is 0. The number of likely N-dealkylation sites (tertiary alicyclic amines) is 1. The van der Waals surface area contributed by atoms with Gasteiger partial charge in [0.25, 0.3) is 0 Å². The Morgan fingerprint density at radius 2 is 2.04 bits per heavy atom. The van der Waals surface area contributed by atoms with Crippen molar-refractivity contribution in [3.05, 3.63) is 23.8 Å². The molecule has 136 valence electrons. The van der Waals surface area contributed by atoms with E-state index >= 15 is 0 Å². The van der Waals surface area contributed by atoms with Crippen LogP contribution in [0.4, 0.5) is 0 Å². The summed E-state index contributed by atoms with van der Waals surface area (Å²) in [4.78, 5) is 27.5. The van der Waals surface area contributed by atoms with Crippen LogP contribution in [-0.2, 0) is 16.0 Å². The highest BCUT2D eigenvalue weighted by Crippen LogP contribution is 2.37. The van der Waals surface area contributed by atoms with Gasteiger partial charge in [-0.05, 0) is 36.0 Å². The summed E-state index contributed by atoms with van der Waals surface area (Å²) in [7, 11) is 3.48. The van der Waals surface area contributed by atoms with Gasteiger partial charge >= 0.3 is 0 Å². The minimum Gasteiger partial charge on any atom is -0.454 e. The summed E-state index contributed by atoms with van der Waals surface area (Å²) in [6.07, 6.45) is 2.64. The van der Waals surface area contributed by atoms with Gasteiger partial charge in [-0.1, -0.05) is 13.0 Å². The molecule has 0 saturated carbocycles. The highest BCUT2D eigenvalue weighted by molar-refractivity contribution is 5.79. The predicted molar refractivity (Wildman–Crippen MR) is 93.5 cm³/mol. The van der Waals surface area contributed by atoms with Gasteiger partial charge in [-0.15, -0.1) is 0 Å². The summed E-state index contributed by atoms with van der Waals surface area (Å²) in [5.74, 6) is 1.78. The van der Waals surface area contributed by atoms with Gasteiger partial charge in [0.1, 0.15) is 0 Å². The Labute approximate surface area is 148 Å². The van der Waals surface area contributed by atoms with Gasteiger partial charge in [0.2, 0.25) is 18.6 Å². The Balaban J connectivity index is 1.64. The maximum atomic E-state index is 12.2. The molecule has 1 atom stereocenters. The molecule has 1 aromatic carbocycles. The van der Waals surface area contributed by atoms with Crippen molar-refractivity contribution in [2.45, 2.75) is 32.6 Å². The molecule has 0 unspecified atom stereocenters. The fourth-order valence-electron chi connectivity index (χ4n) is 3.54. The van der Waals surface area contributed by atoms with Crippen LogP contribution in [0.15, 0.2) is 18.2 Å². The van der Waals surface area contributed by atoms with Crippen molar-refractivity contribution in [1.29, 1.82) is 0 Å². The third-order valence-corrected chi connectivity index (χ3v) is 5.03. The second kappa shape index (κ2) is 6.94. The largest absolute Gasteiger partial charge is 0.454 e. The number of carbonyl (C=O) groups is 2. The van der Waals surface area contributed by atoms with Crippen molar-refractivity contribution < 1.29 is 19.1 Å². The lowest BCUT2D eigenvalue weighted by atomic mass is 9.76. The molecule has 0 bridgehead atoms. The molecule has 1 fully saturated rings. The summed E-state index contributed by atoms with van der Waals surface area (Å²) < 4.78 is 10.8. The lowest BCUT2D eigenvalue weighted by Crippen LogP contribution is -2.47. The van der Waals surface area contributed by atoms with Crippen molar-refractivity contribution in [2.75, 3.05) is 34.0 Å². The highest BCUT2D eigenvalue weighted by Gasteiger charge is 2.35. The smallest absolute Gasteiger partial charge is 0.231 e. The second-order valence-electron chi connectivity index (χ2n) is 7.53. The zero-order valence-corrected chi connectivity index (χ0v) is 15.2. The number of fused-ring (bicyclic) bond motifs is 1. The number of amides is 2. The van der Waals surface area contributed by atoms with Crippen LogP contribution in [0.3, 0.4) is 0 Å². The van der Waals surface area contributed by atoms with E-state index in [0.29, 0.717) is 25.9 Å².